The molecule has 0 aromatic carbocycles. The molecule has 1 saturated heterocycles. The molecule has 2 saturated carbocycles. The summed E-state index contributed by atoms with van der Waals surface area (Å²) in [5.74, 6) is 3.33. The summed E-state index contributed by atoms with van der Waals surface area (Å²) in [4.78, 5) is 32.0. The molecule has 1 atom stereocenters. The summed E-state index contributed by atoms with van der Waals surface area (Å²) < 4.78 is 11.2. The van der Waals surface area contributed by atoms with Gasteiger partial charge in [-0.1, -0.05) is 19.3 Å². The minimum atomic E-state index is -3.94. The number of nitrogens with one attached hydrogen (secondary N) is 3. The number of nitrogens with two attached hydrogens (primary N) is 1. The lowest BCUT2D eigenvalue weighted by molar-refractivity contribution is 0.188. The summed E-state index contributed by atoms with van der Waals surface area (Å²) >= 11 is 0. The average molecular weight is 595 g/mol. The molecule has 3 aliphatic rings. The highest BCUT2D eigenvalue weighted by atomic mass is 31.2. The van der Waals surface area contributed by atoms with Crippen molar-refractivity contribution in [2.45, 2.75) is 89.6 Å². The Bertz CT molecular complexity index is 952. The number of hydrogen-bond acceptors (Lipinski definition) is 9. The molecular weight excluding hydrogens is 539 g/mol. The fourth-order valence-corrected chi connectivity index (χ4v) is 7.27. The second kappa shape index (κ2) is 16.4. The van der Waals surface area contributed by atoms with Crippen LogP contribution in [0.3, 0.4) is 0 Å². The van der Waals surface area contributed by atoms with Gasteiger partial charge in [0.2, 0.25) is 5.95 Å². The summed E-state index contributed by atoms with van der Waals surface area (Å²) in [5, 5.41) is 10.9. The molecule has 0 spiro atoms. The fourth-order valence-electron chi connectivity index (χ4n) is 6.72. The SMILES string of the molecule is C[C@H]1CN(c2cc(N)nc(NC[C@H]3CC[C@H](CNCCCNC4CCCCC4)CC3)n2)CCN1CCCP(=O)(O)O. The van der Waals surface area contributed by atoms with Crippen LogP contribution in [0.5, 0.6) is 0 Å². The van der Waals surface area contributed by atoms with Crippen molar-refractivity contribution in [3.8, 4) is 0 Å². The van der Waals surface area contributed by atoms with E-state index < -0.39 is 7.60 Å². The van der Waals surface area contributed by atoms with Crippen molar-refractivity contribution >= 4 is 25.2 Å². The van der Waals surface area contributed by atoms with E-state index >= 15 is 0 Å². The first kappa shape index (κ1) is 32.4. The number of hydrogen-bond donors (Lipinski definition) is 6. The standard InChI is InChI=1S/C29H55N8O3P/c1-23-22-37(17-16-36(23)15-6-18-41(38,39)40)28-19-27(30)34-29(35-28)33-21-25-11-9-24(10-12-25)20-31-13-5-14-32-26-7-3-2-4-8-26/h19,23-26,31-32H,2-18,20-22H2,1H3,(H2,38,39,40)(H3,30,33,34,35)/t23-,24-,25-/m0/s1. The summed E-state index contributed by atoms with van der Waals surface area (Å²) in [6.45, 7) is 9.52. The van der Waals surface area contributed by atoms with Crippen LogP contribution >= 0.6 is 7.60 Å². The van der Waals surface area contributed by atoms with E-state index in [1.165, 1.54) is 64.2 Å². The van der Waals surface area contributed by atoms with Gasteiger partial charge in [-0.25, -0.2) is 0 Å². The van der Waals surface area contributed by atoms with Crippen LogP contribution in [0, 0.1) is 11.8 Å². The number of aromatic nitrogens is 2. The van der Waals surface area contributed by atoms with Crippen molar-refractivity contribution in [3.05, 3.63) is 6.07 Å². The van der Waals surface area contributed by atoms with Gasteiger partial charge in [0.25, 0.3) is 0 Å². The maximum atomic E-state index is 11.2. The smallest absolute Gasteiger partial charge is 0.325 e. The van der Waals surface area contributed by atoms with E-state index in [-0.39, 0.29) is 12.2 Å². The lowest BCUT2D eigenvalue weighted by Crippen LogP contribution is -2.52. The van der Waals surface area contributed by atoms with Gasteiger partial charge in [0.05, 0.1) is 6.16 Å². The predicted molar refractivity (Wildman–Crippen MR) is 168 cm³/mol. The zero-order valence-electron chi connectivity index (χ0n) is 25.1. The van der Waals surface area contributed by atoms with Crippen LogP contribution in [0.1, 0.15) is 77.6 Å². The van der Waals surface area contributed by atoms with Crippen molar-refractivity contribution in [1.29, 1.82) is 0 Å². The van der Waals surface area contributed by atoms with Crippen LogP contribution in [0.2, 0.25) is 0 Å². The van der Waals surface area contributed by atoms with E-state index in [1.54, 1.807) is 0 Å². The Morgan fingerprint density at radius 1 is 0.976 bits per heavy atom. The second-order valence-corrected chi connectivity index (χ2v) is 14.4. The Balaban J connectivity index is 1.11. The van der Waals surface area contributed by atoms with Gasteiger partial charge in [-0.05, 0) is 96.3 Å². The number of anilines is 3. The van der Waals surface area contributed by atoms with Gasteiger partial charge in [-0.2, -0.15) is 9.97 Å². The maximum Gasteiger partial charge on any atom is 0.325 e. The Labute approximate surface area is 247 Å². The van der Waals surface area contributed by atoms with E-state index in [0.29, 0.717) is 30.6 Å². The van der Waals surface area contributed by atoms with Crippen LogP contribution in [0.15, 0.2) is 6.07 Å². The summed E-state index contributed by atoms with van der Waals surface area (Å²) in [5.41, 5.74) is 6.16. The monoisotopic (exact) mass is 594 g/mol. The number of nitrogen functional groups attached to an aromatic ring is 1. The zero-order chi connectivity index (χ0) is 29.1. The number of nitrogens with zero attached hydrogens (tertiary/aromatic N) is 4. The van der Waals surface area contributed by atoms with Gasteiger partial charge in [-0.15, -0.1) is 0 Å². The molecule has 41 heavy (non-hydrogen) atoms. The lowest BCUT2D eigenvalue weighted by Gasteiger charge is -2.40. The molecule has 12 heteroatoms. The summed E-state index contributed by atoms with van der Waals surface area (Å²) in [7, 11) is -3.94. The third-order valence-corrected chi connectivity index (χ3v) is 10.1. The van der Waals surface area contributed by atoms with Crippen molar-refractivity contribution < 1.29 is 14.4 Å². The van der Waals surface area contributed by atoms with Gasteiger partial charge >= 0.3 is 7.60 Å². The molecule has 3 fully saturated rings. The normalized spacial score (nSPS) is 25.0. The van der Waals surface area contributed by atoms with Crippen LogP contribution in [-0.4, -0.2) is 95.3 Å². The molecule has 0 amide bonds. The fraction of sp³-hybridized carbons (Fsp3) is 0.862. The van der Waals surface area contributed by atoms with E-state index in [9.17, 15) is 4.57 Å². The van der Waals surface area contributed by atoms with Gasteiger partial charge in [0.1, 0.15) is 11.6 Å². The maximum absolute atomic E-state index is 11.2. The largest absolute Gasteiger partial charge is 0.383 e. The second-order valence-electron chi connectivity index (χ2n) is 12.7. The molecule has 2 heterocycles. The molecule has 4 rings (SSSR count). The molecule has 0 radical (unpaired) electrons. The van der Waals surface area contributed by atoms with E-state index in [0.717, 1.165) is 63.6 Å². The molecular formula is C29H55N8O3P. The topological polar surface area (TPSA) is 152 Å². The Hall–Kier alpha value is -1.49. The van der Waals surface area contributed by atoms with Crippen LogP contribution in [0.25, 0.3) is 0 Å². The first-order chi connectivity index (χ1) is 19.7. The number of piperazine rings is 1. The van der Waals surface area contributed by atoms with Crippen LogP contribution < -0.4 is 26.6 Å². The van der Waals surface area contributed by atoms with E-state index in [1.807, 2.05) is 6.07 Å². The quantitative estimate of drug-likeness (QED) is 0.131. The van der Waals surface area contributed by atoms with Crippen molar-refractivity contribution in [2.75, 3.05) is 74.5 Å². The van der Waals surface area contributed by atoms with Gasteiger partial charge in [0.15, 0.2) is 0 Å². The Kier molecular flexibility index (Phi) is 13.0. The van der Waals surface area contributed by atoms with Crippen LogP contribution in [0.4, 0.5) is 17.6 Å². The molecule has 1 aliphatic heterocycles. The van der Waals surface area contributed by atoms with Crippen molar-refractivity contribution in [3.63, 3.8) is 0 Å². The minimum absolute atomic E-state index is 0.0613. The molecule has 0 bridgehead atoms. The van der Waals surface area contributed by atoms with Gasteiger partial charge < -0.3 is 36.4 Å². The highest BCUT2D eigenvalue weighted by molar-refractivity contribution is 7.51. The van der Waals surface area contributed by atoms with Crippen LogP contribution in [-0.2, 0) is 4.57 Å². The molecule has 1 aromatic rings. The predicted octanol–water partition coefficient (Wildman–Crippen LogP) is 3.26. The highest BCUT2D eigenvalue weighted by Crippen LogP contribution is 2.35. The first-order valence-corrected chi connectivity index (χ1v) is 17.9. The van der Waals surface area contributed by atoms with Gasteiger partial charge in [0, 0.05) is 44.3 Å². The zero-order valence-corrected chi connectivity index (χ0v) is 26.0. The highest BCUT2D eigenvalue weighted by Gasteiger charge is 2.26. The Morgan fingerprint density at radius 3 is 2.41 bits per heavy atom. The molecule has 1 aromatic heterocycles. The first-order valence-electron chi connectivity index (χ1n) is 16.1. The van der Waals surface area contributed by atoms with E-state index in [2.05, 4.69) is 37.7 Å². The third-order valence-electron chi connectivity index (χ3n) is 9.23. The summed E-state index contributed by atoms with van der Waals surface area (Å²) in [6.07, 6.45) is 13.6. The molecule has 7 N–H and O–H groups in total. The molecule has 234 valence electrons. The summed E-state index contributed by atoms with van der Waals surface area (Å²) in [6, 6.07) is 2.86. The minimum Gasteiger partial charge on any atom is -0.383 e. The number of rotatable bonds is 15. The molecule has 2 aliphatic carbocycles. The molecule has 11 nitrogen and oxygen atoms in total. The van der Waals surface area contributed by atoms with Gasteiger partial charge in [-0.3, -0.25) is 9.46 Å². The van der Waals surface area contributed by atoms with Crippen molar-refractivity contribution in [2.24, 2.45) is 11.8 Å². The van der Waals surface area contributed by atoms with E-state index in [4.69, 9.17) is 20.5 Å². The third kappa shape index (κ3) is 11.6. The lowest BCUT2D eigenvalue weighted by atomic mass is 9.82. The average Bonchev–Trinajstić information content (AvgIpc) is 2.95. The van der Waals surface area contributed by atoms with Crippen molar-refractivity contribution in [1.82, 2.24) is 25.5 Å². The Morgan fingerprint density at radius 2 is 1.71 bits per heavy atom. The molecule has 0 unspecified atom stereocenters.